The lowest BCUT2D eigenvalue weighted by atomic mass is 9.98. The minimum absolute atomic E-state index is 0.000664. The fraction of sp³-hybridized carbons (Fsp3) is 0.387. The maximum Gasteiger partial charge on any atom is 0.149 e. The molecule has 0 spiro atoms. The maximum absolute atomic E-state index is 15.2. The first-order valence-electron chi connectivity index (χ1n) is 13.2. The van der Waals surface area contributed by atoms with Crippen molar-refractivity contribution in [1.29, 1.82) is 0 Å². The van der Waals surface area contributed by atoms with Crippen LogP contribution in [0.2, 0.25) is 0 Å². The number of hydrogen-bond acceptors (Lipinski definition) is 6. The first-order valence-corrected chi connectivity index (χ1v) is 13.2. The van der Waals surface area contributed by atoms with Crippen molar-refractivity contribution in [3.8, 4) is 28.1 Å². The van der Waals surface area contributed by atoms with Gasteiger partial charge in [0.2, 0.25) is 0 Å². The van der Waals surface area contributed by atoms with Gasteiger partial charge in [0.25, 0.3) is 0 Å². The summed E-state index contributed by atoms with van der Waals surface area (Å²) in [6, 6.07) is 17.3. The van der Waals surface area contributed by atoms with E-state index in [0.717, 1.165) is 65.1 Å². The van der Waals surface area contributed by atoms with E-state index in [4.69, 9.17) is 23.9 Å². The molecule has 5 rings (SSSR count). The van der Waals surface area contributed by atoms with Gasteiger partial charge in [-0.3, -0.25) is 0 Å². The molecule has 2 heterocycles. The van der Waals surface area contributed by atoms with E-state index in [1.807, 2.05) is 54.6 Å². The van der Waals surface area contributed by atoms with Crippen LogP contribution in [0.25, 0.3) is 28.5 Å². The molecular formula is C31H34FNO5. The highest BCUT2D eigenvalue weighted by atomic mass is 19.1. The van der Waals surface area contributed by atoms with Crippen molar-refractivity contribution >= 4 is 6.08 Å². The van der Waals surface area contributed by atoms with Crippen LogP contribution < -0.4 is 4.74 Å². The molecule has 1 saturated heterocycles. The first kappa shape index (κ1) is 26.4. The van der Waals surface area contributed by atoms with Crippen LogP contribution in [0.4, 0.5) is 4.39 Å². The summed E-state index contributed by atoms with van der Waals surface area (Å²) in [6.45, 7) is 1.51. The molecule has 0 amide bonds. The highest BCUT2D eigenvalue weighted by Crippen LogP contribution is 2.31. The van der Waals surface area contributed by atoms with E-state index in [2.05, 4.69) is 0 Å². The number of aliphatic hydroxyl groups is 1. The molecule has 6 nitrogen and oxygen atoms in total. The van der Waals surface area contributed by atoms with Crippen molar-refractivity contribution in [3.63, 3.8) is 0 Å². The Morgan fingerprint density at radius 3 is 2.39 bits per heavy atom. The summed E-state index contributed by atoms with van der Waals surface area (Å²) in [5.41, 5.74) is 4.78. The molecule has 0 radical (unpaired) electrons. The van der Waals surface area contributed by atoms with Gasteiger partial charge < -0.3 is 24.1 Å². The summed E-state index contributed by atoms with van der Waals surface area (Å²) in [4.78, 5) is 4.76. The van der Waals surface area contributed by atoms with Gasteiger partial charge in [0.15, 0.2) is 0 Å². The van der Waals surface area contributed by atoms with Gasteiger partial charge in [-0.1, -0.05) is 36.4 Å². The topological polar surface area (TPSA) is 70.0 Å². The summed E-state index contributed by atoms with van der Waals surface area (Å²) in [5, 5.41) is 9.35. The van der Waals surface area contributed by atoms with Crippen LogP contribution in [0.5, 0.6) is 5.75 Å². The van der Waals surface area contributed by atoms with Gasteiger partial charge in [0.1, 0.15) is 30.0 Å². The molecule has 200 valence electrons. The molecular weight excluding hydrogens is 485 g/mol. The fourth-order valence-electron chi connectivity index (χ4n) is 4.90. The van der Waals surface area contributed by atoms with Crippen molar-refractivity contribution in [3.05, 3.63) is 77.4 Å². The van der Waals surface area contributed by atoms with E-state index in [9.17, 15) is 5.11 Å². The highest BCUT2D eigenvalue weighted by molar-refractivity contribution is 5.70. The number of allylic oxidation sites excluding steroid dienone is 1. The van der Waals surface area contributed by atoms with Gasteiger partial charge in [0.05, 0.1) is 37.4 Å². The number of halogens is 1. The van der Waals surface area contributed by atoms with E-state index in [1.54, 1.807) is 13.2 Å². The molecule has 7 heteroatoms. The predicted molar refractivity (Wildman–Crippen MR) is 144 cm³/mol. The summed E-state index contributed by atoms with van der Waals surface area (Å²) < 4.78 is 37.7. The van der Waals surface area contributed by atoms with Crippen LogP contribution in [0.3, 0.4) is 0 Å². The van der Waals surface area contributed by atoms with E-state index in [-0.39, 0.29) is 24.6 Å². The molecule has 38 heavy (non-hydrogen) atoms. The van der Waals surface area contributed by atoms with Gasteiger partial charge in [-0.05, 0) is 54.2 Å². The standard InChI is InChI=1S/C31H34FNO5/c1-35-14-15-36-25-12-10-22(11-13-25)21-6-8-23(9-7-21)31-29(32)16-24-4-2-3-5-26(18-30(24)33-31)38-28-17-27(19-34)37-20-28/h6-13,16,18,27-28,34H,2-5,14-15,17,19-20H2,1H3/b26-18+/t27?,28-/m0/s1. The molecule has 0 bridgehead atoms. The lowest BCUT2D eigenvalue weighted by Gasteiger charge is -2.19. The third-order valence-electron chi connectivity index (χ3n) is 6.97. The van der Waals surface area contributed by atoms with Crippen LogP contribution >= 0.6 is 0 Å². The van der Waals surface area contributed by atoms with Crippen molar-refractivity contribution < 1.29 is 28.4 Å². The Labute approximate surface area is 223 Å². The Morgan fingerprint density at radius 1 is 0.974 bits per heavy atom. The number of aromatic nitrogens is 1. The number of aryl methyl sites for hydroxylation is 1. The zero-order valence-corrected chi connectivity index (χ0v) is 21.7. The molecule has 3 aromatic rings. The normalized spacial score (nSPS) is 20.7. The highest BCUT2D eigenvalue weighted by Gasteiger charge is 2.27. The minimum Gasteiger partial charge on any atom is -0.492 e. The van der Waals surface area contributed by atoms with E-state index in [0.29, 0.717) is 31.9 Å². The molecule has 1 unspecified atom stereocenters. The first-order chi connectivity index (χ1) is 18.6. The van der Waals surface area contributed by atoms with E-state index >= 15 is 4.39 Å². The Morgan fingerprint density at radius 2 is 1.68 bits per heavy atom. The largest absolute Gasteiger partial charge is 0.492 e. The summed E-state index contributed by atoms with van der Waals surface area (Å²) in [6.07, 6.45) is 5.86. The second-order valence-electron chi connectivity index (χ2n) is 9.74. The van der Waals surface area contributed by atoms with Gasteiger partial charge in [-0.2, -0.15) is 0 Å². The third kappa shape index (κ3) is 6.41. The van der Waals surface area contributed by atoms with Crippen LogP contribution in [-0.4, -0.2) is 55.8 Å². The average Bonchev–Trinajstić information content (AvgIpc) is 3.39. The quantitative estimate of drug-likeness (QED) is 0.360. The monoisotopic (exact) mass is 519 g/mol. The molecule has 2 atom stereocenters. The Hall–Kier alpha value is -3.26. The zero-order chi connectivity index (χ0) is 26.3. The van der Waals surface area contributed by atoms with Crippen molar-refractivity contribution in [1.82, 2.24) is 4.98 Å². The summed E-state index contributed by atoms with van der Waals surface area (Å²) in [7, 11) is 1.65. The van der Waals surface area contributed by atoms with Gasteiger partial charge in [-0.15, -0.1) is 0 Å². The number of benzene rings is 2. The Kier molecular flexibility index (Phi) is 8.68. The molecule has 1 aliphatic heterocycles. The third-order valence-corrected chi connectivity index (χ3v) is 6.97. The summed E-state index contributed by atoms with van der Waals surface area (Å²) >= 11 is 0. The lowest BCUT2D eigenvalue weighted by Crippen LogP contribution is -2.15. The van der Waals surface area contributed by atoms with Crippen LogP contribution in [0.1, 0.15) is 36.9 Å². The molecule has 1 fully saturated rings. The molecule has 1 N–H and O–H groups in total. The van der Waals surface area contributed by atoms with Crippen LogP contribution in [-0.2, 0) is 20.6 Å². The van der Waals surface area contributed by atoms with Crippen molar-refractivity contribution in [2.24, 2.45) is 0 Å². The minimum atomic E-state index is -0.319. The second-order valence-corrected chi connectivity index (χ2v) is 9.74. The predicted octanol–water partition coefficient (Wildman–Crippen LogP) is 5.81. The maximum atomic E-state index is 15.2. The molecule has 2 aromatic carbocycles. The van der Waals surface area contributed by atoms with E-state index in [1.165, 1.54) is 0 Å². The number of fused-ring (bicyclic) bond motifs is 1. The van der Waals surface area contributed by atoms with Crippen molar-refractivity contribution in [2.45, 2.75) is 44.3 Å². The van der Waals surface area contributed by atoms with Crippen LogP contribution in [0, 0.1) is 5.82 Å². The van der Waals surface area contributed by atoms with Crippen molar-refractivity contribution in [2.75, 3.05) is 33.5 Å². The average molecular weight is 520 g/mol. The number of aliphatic hydroxyl groups excluding tert-OH is 1. The summed E-state index contributed by atoms with van der Waals surface area (Å²) in [5.74, 6) is 1.31. The Bertz CT molecular complexity index is 1240. The second kappa shape index (κ2) is 12.5. The van der Waals surface area contributed by atoms with Crippen LogP contribution in [0.15, 0.2) is 60.4 Å². The molecule has 1 aromatic heterocycles. The molecule has 2 aliphatic rings. The molecule has 0 saturated carbocycles. The van der Waals surface area contributed by atoms with Gasteiger partial charge in [0, 0.05) is 31.6 Å². The number of pyridine rings is 1. The zero-order valence-electron chi connectivity index (χ0n) is 21.7. The SMILES string of the molecule is COCCOc1ccc(-c2ccc(-c3nc4c(cc3F)CCCC/C(O[C@@H]3COC(CO)C3)=C\4)cc2)cc1. The smallest absolute Gasteiger partial charge is 0.149 e. The number of nitrogens with zero attached hydrogens (tertiary/aromatic N) is 1. The lowest BCUT2D eigenvalue weighted by molar-refractivity contribution is 0.0460. The number of ether oxygens (including phenoxy) is 4. The number of methoxy groups -OCH3 is 1. The van der Waals surface area contributed by atoms with Gasteiger partial charge in [-0.25, -0.2) is 9.37 Å². The number of hydrogen-bond donors (Lipinski definition) is 1. The number of rotatable bonds is 9. The fourth-order valence-corrected chi connectivity index (χ4v) is 4.90. The van der Waals surface area contributed by atoms with Gasteiger partial charge >= 0.3 is 0 Å². The molecule has 1 aliphatic carbocycles. The Balaban J connectivity index is 1.35. The van der Waals surface area contributed by atoms with E-state index < -0.39 is 0 Å².